The molecule has 0 aliphatic carbocycles. The average Bonchev–Trinajstić information content (AvgIpc) is 2.75. The maximum Gasteiger partial charge on any atom is 0.423 e. The average molecular weight is 516 g/mol. The normalized spacial score (nSPS) is 26.2. The molecule has 0 aromatic carbocycles. The van der Waals surface area contributed by atoms with Crippen molar-refractivity contribution in [2.75, 3.05) is 44.7 Å². The van der Waals surface area contributed by atoms with Crippen LogP contribution in [0.5, 0.6) is 5.88 Å². The standard InChI is InChI=1S/C24H36F3N5O4/c1-23(2,3)36-21(33)19-9-15(6-7-28-19)11-32-8-4-5-16(12-32)30-22-29-10-18(24(25,26)27)20(31-22)35-17-13-34-14-17/h10,15-17,19,28H,4-9,11-14H2,1-3H3,(H,29,30,31)/t15?,16?,19-/m1/s1. The molecule has 36 heavy (non-hydrogen) atoms. The number of anilines is 1. The second kappa shape index (κ2) is 11.1. The minimum atomic E-state index is -4.61. The number of carbonyl (C=O) groups excluding carboxylic acids is 1. The van der Waals surface area contributed by atoms with E-state index in [1.807, 2.05) is 20.8 Å². The van der Waals surface area contributed by atoms with Crippen molar-refractivity contribution in [3.05, 3.63) is 11.8 Å². The van der Waals surface area contributed by atoms with E-state index in [-0.39, 0.29) is 37.2 Å². The lowest BCUT2D eigenvalue weighted by Gasteiger charge is -2.38. The molecular formula is C24H36F3N5O4. The number of likely N-dealkylation sites (tertiary alicyclic amines) is 1. The second-order valence-corrected chi connectivity index (χ2v) is 10.9. The van der Waals surface area contributed by atoms with Gasteiger partial charge in [-0.2, -0.15) is 18.2 Å². The molecule has 0 bridgehead atoms. The Morgan fingerprint density at radius 3 is 2.72 bits per heavy atom. The quantitative estimate of drug-likeness (QED) is 0.531. The number of esters is 1. The Morgan fingerprint density at radius 1 is 1.28 bits per heavy atom. The van der Waals surface area contributed by atoms with Crippen LogP contribution in [0.3, 0.4) is 0 Å². The van der Waals surface area contributed by atoms with Crippen molar-refractivity contribution in [2.45, 2.75) is 76.4 Å². The number of nitrogens with zero attached hydrogens (tertiary/aromatic N) is 3. The molecule has 3 aliphatic rings. The first kappa shape index (κ1) is 26.9. The molecule has 1 aromatic rings. The first-order chi connectivity index (χ1) is 17.0. The van der Waals surface area contributed by atoms with Gasteiger partial charge in [-0.1, -0.05) is 0 Å². The Bertz CT molecular complexity index is 907. The van der Waals surface area contributed by atoms with Crippen LogP contribution in [0.15, 0.2) is 6.20 Å². The Morgan fingerprint density at radius 2 is 2.06 bits per heavy atom. The fourth-order valence-electron chi connectivity index (χ4n) is 4.76. The minimum Gasteiger partial charge on any atom is -0.469 e. The zero-order valence-electron chi connectivity index (χ0n) is 21.1. The number of aromatic nitrogens is 2. The van der Waals surface area contributed by atoms with E-state index in [9.17, 15) is 18.0 Å². The first-order valence-corrected chi connectivity index (χ1v) is 12.6. The molecule has 202 valence electrons. The van der Waals surface area contributed by atoms with Crippen LogP contribution in [0.4, 0.5) is 19.1 Å². The lowest BCUT2D eigenvalue weighted by Crippen LogP contribution is -2.50. The van der Waals surface area contributed by atoms with Gasteiger partial charge < -0.3 is 29.7 Å². The van der Waals surface area contributed by atoms with Gasteiger partial charge in [0.15, 0.2) is 0 Å². The summed E-state index contributed by atoms with van der Waals surface area (Å²) in [7, 11) is 0. The van der Waals surface area contributed by atoms with Gasteiger partial charge in [0, 0.05) is 25.3 Å². The minimum absolute atomic E-state index is 0.00117. The zero-order valence-corrected chi connectivity index (χ0v) is 21.1. The van der Waals surface area contributed by atoms with E-state index < -0.39 is 29.3 Å². The van der Waals surface area contributed by atoms with E-state index in [4.69, 9.17) is 14.2 Å². The first-order valence-electron chi connectivity index (χ1n) is 12.6. The Balaban J connectivity index is 1.33. The van der Waals surface area contributed by atoms with Crippen molar-refractivity contribution < 1.29 is 32.2 Å². The summed E-state index contributed by atoms with van der Waals surface area (Å²) in [5.41, 5.74) is -1.51. The molecule has 3 fully saturated rings. The second-order valence-electron chi connectivity index (χ2n) is 10.9. The molecule has 0 amide bonds. The lowest BCUT2D eigenvalue weighted by molar-refractivity contribution is -0.158. The summed E-state index contributed by atoms with van der Waals surface area (Å²) in [5, 5.41) is 6.47. The molecule has 3 saturated heterocycles. The number of carbonyl (C=O) groups is 1. The number of ether oxygens (including phenoxy) is 3. The maximum atomic E-state index is 13.4. The smallest absolute Gasteiger partial charge is 0.423 e. The van der Waals surface area contributed by atoms with Crippen LogP contribution >= 0.6 is 0 Å². The zero-order chi connectivity index (χ0) is 25.9. The summed E-state index contributed by atoms with van der Waals surface area (Å²) in [6.07, 6.45) is -0.767. The number of alkyl halides is 3. The molecule has 0 spiro atoms. The van der Waals surface area contributed by atoms with E-state index in [1.165, 1.54) is 0 Å². The highest BCUT2D eigenvalue weighted by Gasteiger charge is 2.38. The number of hydrogen-bond donors (Lipinski definition) is 2. The van der Waals surface area contributed by atoms with Gasteiger partial charge >= 0.3 is 12.1 Å². The fraction of sp³-hybridized carbons (Fsp3) is 0.792. The Labute approximate surface area is 209 Å². The van der Waals surface area contributed by atoms with Gasteiger partial charge in [0.25, 0.3) is 0 Å². The highest BCUT2D eigenvalue weighted by atomic mass is 19.4. The van der Waals surface area contributed by atoms with Crippen molar-refractivity contribution >= 4 is 11.9 Å². The summed E-state index contributed by atoms with van der Waals surface area (Å²) in [6, 6.07) is -0.305. The summed E-state index contributed by atoms with van der Waals surface area (Å²) in [4.78, 5) is 22.8. The fourth-order valence-corrected chi connectivity index (χ4v) is 4.76. The number of piperidine rings is 2. The van der Waals surface area contributed by atoms with Crippen LogP contribution in [0.25, 0.3) is 0 Å². The summed E-state index contributed by atoms with van der Waals surface area (Å²) < 4.78 is 56.1. The van der Waals surface area contributed by atoms with Gasteiger partial charge in [0.2, 0.25) is 11.8 Å². The predicted octanol–water partition coefficient (Wildman–Crippen LogP) is 2.86. The molecule has 3 aliphatic heterocycles. The van der Waals surface area contributed by atoms with E-state index in [1.54, 1.807) is 0 Å². The number of rotatable bonds is 7. The van der Waals surface area contributed by atoms with Crippen LogP contribution in [0, 0.1) is 5.92 Å². The highest BCUT2D eigenvalue weighted by molar-refractivity contribution is 5.76. The van der Waals surface area contributed by atoms with Crippen molar-refractivity contribution in [2.24, 2.45) is 5.92 Å². The monoisotopic (exact) mass is 515 g/mol. The van der Waals surface area contributed by atoms with E-state index in [0.29, 0.717) is 5.92 Å². The number of nitrogens with one attached hydrogen (secondary N) is 2. The molecule has 9 nitrogen and oxygen atoms in total. The summed E-state index contributed by atoms with van der Waals surface area (Å²) in [6.45, 7) is 9.35. The summed E-state index contributed by atoms with van der Waals surface area (Å²) >= 11 is 0. The molecule has 12 heteroatoms. The number of halogens is 3. The van der Waals surface area contributed by atoms with Gasteiger partial charge in [-0.3, -0.25) is 4.79 Å². The van der Waals surface area contributed by atoms with Crippen molar-refractivity contribution in [1.82, 2.24) is 20.2 Å². The summed E-state index contributed by atoms with van der Waals surface area (Å²) in [5.74, 6) is -0.202. The van der Waals surface area contributed by atoms with Crippen LogP contribution in [0.2, 0.25) is 0 Å². The van der Waals surface area contributed by atoms with Crippen LogP contribution in [-0.4, -0.2) is 84.0 Å². The van der Waals surface area contributed by atoms with E-state index in [2.05, 4.69) is 25.5 Å². The molecular weight excluding hydrogens is 479 g/mol. The van der Waals surface area contributed by atoms with Gasteiger partial charge in [0.05, 0.1) is 13.2 Å². The third-order valence-corrected chi connectivity index (χ3v) is 6.50. The van der Waals surface area contributed by atoms with Crippen molar-refractivity contribution in [1.29, 1.82) is 0 Å². The van der Waals surface area contributed by atoms with Crippen molar-refractivity contribution in [3.8, 4) is 5.88 Å². The molecule has 0 radical (unpaired) electrons. The van der Waals surface area contributed by atoms with E-state index in [0.717, 1.165) is 58.1 Å². The molecule has 1 aromatic heterocycles. The van der Waals surface area contributed by atoms with Gasteiger partial charge in [0.1, 0.15) is 23.3 Å². The van der Waals surface area contributed by atoms with Crippen LogP contribution < -0.4 is 15.4 Å². The molecule has 4 heterocycles. The van der Waals surface area contributed by atoms with Crippen LogP contribution in [0.1, 0.15) is 52.0 Å². The molecule has 3 atom stereocenters. The van der Waals surface area contributed by atoms with Gasteiger partial charge in [-0.25, -0.2) is 4.98 Å². The molecule has 2 N–H and O–H groups in total. The van der Waals surface area contributed by atoms with Gasteiger partial charge in [-0.05, 0) is 65.5 Å². The molecule has 0 saturated carbocycles. The third-order valence-electron chi connectivity index (χ3n) is 6.50. The highest BCUT2D eigenvalue weighted by Crippen LogP contribution is 2.36. The van der Waals surface area contributed by atoms with Crippen molar-refractivity contribution in [3.63, 3.8) is 0 Å². The Hall–Kier alpha value is -2.18. The van der Waals surface area contributed by atoms with E-state index >= 15 is 0 Å². The predicted molar refractivity (Wildman–Crippen MR) is 126 cm³/mol. The molecule has 4 rings (SSSR count). The largest absolute Gasteiger partial charge is 0.469 e. The Kier molecular flexibility index (Phi) is 8.25. The van der Waals surface area contributed by atoms with Crippen LogP contribution in [-0.2, 0) is 20.4 Å². The SMILES string of the molecule is CC(C)(C)OC(=O)[C@H]1CC(CN2CCCC(Nc3ncc(C(F)(F)F)c(OC4COC4)n3)C2)CCN1. The third kappa shape index (κ3) is 7.42. The number of hydrogen-bond acceptors (Lipinski definition) is 9. The maximum absolute atomic E-state index is 13.4. The lowest BCUT2D eigenvalue weighted by atomic mass is 9.91. The topological polar surface area (TPSA) is 97.8 Å². The molecule has 2 unspecified atom stereocenters. The van der Waals surface area contributed by atoms with Gasteiger partial charge in [-0.15, -0.1) is 0 Å².